The maximum absolute atomic E-state index is 12.1. The van der Waals surface area contributed by atoms with Gasteiger partial charge >= 0.3 is 11.4 Å². The van der Waals surface area contributed by atoms with Crippen molar-refractivity contribution in [1.29, 1.82) is 0 Å². The third-order valence-corrected chi connectivity index (χ3v) is 5.36. The van der Waals surface area contributed by atoms with Gasteiger partial charge in [-0.25, -0.2) is 9.59 Å². The van der Waals surface area contributed by atoms with E-state index in [2.05, 4.69) is 15.4 Å². The molecule has 2 fully saturated rings. The van der Waals surface area contributed by atoms with Crippen LogP contribution in [0.25, 0.3) is 0 Å². The van der Waals surface area contributed by atoms with Gasteiger partial charge in [0.2, 0.25) is 0 Å². The molecular weight excluding hydrogens is 446 g/mol. The van der Waals surface area contributed by atoms with Crippen LogP contribution in [0.5, 0.6) is 0 Å². The second kappa shape index (κ2) is 9.12. The van der Waals surface area contributed by atoms with Crippen LogP contribution in [-0.4, -0.2) is 65.3 Å². The fourth-order valence-corrected chi connectivity index (χ4v) is 3.60. The van der Waals surface area contributed by atoms with Gasteiger partial charge in [-0.15, -0.1) is 0 Å². The third-order valence-electron chi connectivity index (χ3n) is 5.36. The van der Waals surface area contributed by atoms with E-state index in [1.165, 1.54) is 25.4 Å². The number of nitrogens with one attached hydrogen (secondary N) is 3. The molecule has 7 atom stereocenters. The molecule has 2 aromatic heterocycles. The Bertz CT molecular complexity index is 1180. The predicted molar refractivity (Wildman–Crippen MR) is 106 cm³/mol. The number of aromatic amines is 1. The van der Waals surface area contributed by atoms with Crippen LogP contribution >= 0.6 is 0 Å². The summed E-state index contributed by atoms with van der Waals surface area (Å²) >= 11 is 0. The van der Waals surface area contributed by atoms with Gasteiger partial charge in [-0.05, 0) is 13.0 Å². The summed E-state index contributed by atoms with van der Waals surface area (Å²) in [5.74, 6) is -0.0163. The van der Waals surface area contributed by atoms with E-state index >= 15 is 0 Å². The van der Waals surface area contributed by atoms with Crippen molar-refractivity contribution >= 4 is 5.82 Å². The molecule has 0 saturated carbocycles. The highest BCUT2D eigenvalue weighted by molar-refractivity contribution is 5.23. The summed E-state index contributed by atoms with van der Waals surface area (Å²) in [6.45, 7) is 1.52. The second-order valence-electron chi connectivity index (χ2n) is 7.60. The van der Waals surface area contributed by atoms with Crippen molar-refractivity contribution in [2.45, 2.75) is 56.6 Å². The first-order valence-electron chi connectivity index (χ1n) is 9.84. The first-order valence-corrected chi connectivity index (χ1v) is 9.84. The van der Waals surface area contributed by atoms with Gasteiger partial charge in [0.15, 0.2) is 18.7 Å². The van der Waals surface area contributed by atoms with Gasteiger partial charge in [-0.1, -0.05) is 0 Å². The molecule has 8 N–H and O–H groups in total. The Morgan fingerprint density at radius 3 is 2.67 bits per heavy atom. The zero-order chi connectivity index (χ0) is 23.9. The van der Waals surface area contributed by atoms with Crippen LogP contribution in [0.1, 0.15) is 24.4 Å². The molecule has 4 heterocycles. The Morgan fingerprint density at radius 1 is 1.21 bits per heavy atom. The Labute approximate surface area is 184 Å². The van der Waals surface area contributed by atoms with Crippen molar-refractivity contribution in [1.82, 2.24) is 30.1 Å². The average molecular weight is 469 g/mol. The molecule has 4 rings (SSSR count). The Hall–Kier alpha value is -2.96. The lowest BCUT2D eigenvalue weighted by atomic mass is 10.2. The highest BCUT2D eigenvalue weighted by atomic mass is 16.7. The van der Waals surface area contributed by atoms with Crippen LogP contribution in [0.15, 0.2) is 32.8 Å². The quantitative estimate of drug-likeness (QED) is 0.203. The zero-order valence-electron chi connectivity index (χ0n) is 17.2. The van der Waals surface area contributed by atoms with Gasteiger partial charge in [0.1, 0.15) is 30.4 Å². The van der Waals surface area contributed by atoms with E-state index in [1.807, 2.05) is 5.48 Å². The van der Waals surface area contributed by atoms with Crippen LogP contribution in [-0.2, 0) is 14.3 Å². The number of aliphatic hydroxyl groups is 2. The number of aromatic nitrogens is 4. The number of rotatable bonds is 6. The van der Waals surface area contributed by atoms with Crippen molar-refractivity contribution in [2.75, 3.05) is 5.73 Å². The van der Waals surface area contributed by atoms with Gasteiger partial charge < -0.3 is 30.6 Å². The number of aliphatic hydroxyl groups excluding tert-OH is 2. The SMILES string of the molecule is Cc1cn([C@H]2C[C@H](ON[C@H]3O[C@@H](n4ccc(N)nc4=O)[C@H](O)[C@@H]3O)[C@@H](NO)O2)c(=O)[nH]c1=O. The molecule has 0 radical (unpaired) electrons. The van der Waals surface area contributed by atoms with E-state index in [0.717, 1.165) is 9.13 Å². The smallest absolute Gasteiger partial charge is 0.351 e. The van der Waals surface area contributed by atoms with E-state index < -0.39 is 60.2 Å². The van der Waals surface area contributed by atoms with Gasteiger partial charge in [-0.3, -0.25) is 23.8 Å². The van der Waals surface area contributed by atoms with Crippen molar-refractivity contribution in [3.8, 4) is 0 Å². The van der Waals surface area contributed by atoms with Crippen LogP contribution in [0.2, 0.25) is 0 Å². The van der Waals surface area contributed by atoms with Crippen LogP contribution in [0.4, 0.5) is 5.82 Å². The summed E-state index contributed by atoms with van der Waals surface area (Å²) in [5.41, 5.74) is 8.06. The second-order valence-corrected chi connectivity index (χ2v) is 7.60. The normalized spacial score (nSPS) is 31.8. The lowest BCUT2D eigenvalue weighted by Crippen LogP contribution is -2.46. The largest absolute Gasteiger partial charge is 0.386 e. The minimum Gasteiger partial charge on any atom is -0.386 e. The zero-order valence-corrected chi connectivity index (χ0v) is 17.2. The highest BCUT2D eigenvalue weighted by Crippen LogP contribution is 2.30. The van der Waals surface area contributed by atoms with E-state index in [0.29, 0.717) is 0 Å². The molecule has 180 valence electrons. The molecule has 0 amide bonds. The van der Waals surface area contributed by atoms with Crippen LogP contribution < -0.4 is 33.6 Å². The Morgan fingerprint density at radius 2 is 1.97 bits per heavy atom. The number of nitrogens with zero attached hydrogens (tertiary/aromatic N) is 3. The van der Waals surface area contributed by atoms with Crippen molar-refractivity contribution < 1.29 is 29.7 Å². The lowest BCUT2D eigenvalue weighted by molar-refractivity contribution is -0.172. The number of hydroxylamine groups is 2. The standard InChI is InChI=1S/C17H23N7O9/c1-6-5-24(17(29)20-12(6)27)9-4-7(13(21-30)31-9)33-22-14-10(25)11(26)15(32-14)23-3-2-8(18)19-16(23)28/h2-3,5,7,9-11,13-15,21-22,25-26,30H,4H2,1H3,(H2,18,19,28)(H,20,27,29)/t7-,9+,10-,11+,13-,14-,15+/m0/s1. The Balaban J connectivity index is 1.44. The van der Waals surface area contributed by atoms with Crippen molar-refractivity contribution in [3.05, 3.63) is 55.3 Å². The molecule has 0 spiro atoms. The summed E-state index contributed by atoms with van der Waals surface area (Å²) in [5, 5.41) is 30.0. The molecule has 0 unspecified atom stereocenters. The lowest BCUT2D eigenvalue weighted by Gasteiger charge is -2.21. The van der Waals surface area contributed by atoms with Gasteiger partial charge in [0.25, 0.3) is 5.56 Å². The number of ether oxygens (including phenoxy) is 2. The fraction of sp³-hybridized carbons (Fsp3) is 0.529. The van der Waals surface area contributed by atoms with Crippen LogP contribution in [0, 0.1) is 6.92 Å². The number of aryl methyl sites for hydroxylation is 1. The maximum atomic E-state index is 12.1. The van der Waals surface area contributed by atoms with E-state index in [-0.39, 0.29) is 17.8 Å². The molecule has 2 saturated heterocycles. The van der Waals surface area contributed by atoms with Gasteiger partial charge in [0, 0.05) is 24.4 Å². The van der Waals surface area contributed by atoms with Gasteiger partial charge in [-0.2, -0.15) is 15.9 Å². The first kappa shape index (κ1) is 23.2. The summed E-state index contributed by atoms with van der Waals surface area (Å²) in [7, 11) is 0. The fourth-order valence-electron chi connectivity index (χ4n) is 3.60. The molecule has 0 bridgehead atoms. The predicted octanol–water partition coefficient (Wildman–Crippen LogP) is -3.63. The molecule has 16 nitrogen and oxygen atoms in total. The van der Waals surface area contributed by atoms with E-state index in [1.54, 1.807) is 0 Å². The minimum absolute atomic E-state index is 0.0163. The topological polar surface area (TPSA) is 228 Å². The van der Waals surface area contributed by atoms with E-state index in [4.69, 9.17) is 20.0 Å². The third kappa shape index (κ3) is 4.45. The van der Waals surface area contributed by atoms with Gasteiger partial charge in [0.05, 0.1) is 0 Å². The molecule has 2 aliphatic heterocycles. The van der Waals surface area contributed by atoms with Crippen molar-refractivity contribution in [2.24, 2.45) is 0 Å². The average Bonchev–Trinajstić information content (AvgIpc) is 3.30. The summed E-state index contributed by atoms with van der Waals surface area (Å²) in [4.78, 5) is 46.9. The van der Waals surface area contributed by atoms with Crippen molar-refractivity contribution in [3.63, 3.8) is 0 Å². The summed E-state index contributed by atoms with van der Waals surface area (Å²) in [6.07, 6.45) is -5.80. The Kier molecular flexibility index (Phi) is 6.41. The van der Waals surface area contributed by atoms with Crippen LogP contribution in [0.3, 0.4) is 0 Å². The molecule has 2 aromatic rings. The molecule has 2 aliphatic rings. The number of hydrogen-bond acceptors (Lipinski definition) is 13. The number of H-pyrrole nitrogens is 1. The summed E-state index contributed by atoms with van der Waals surface area (Å²) < 4.78 is 13.2. The molecule has 0 aromatic carbocycles. The molecular formula is C17H23N7O9. The number of nitrogens with two attached hydrogens (primary N) is 1. The number of nitrogen functional groups attached to an aromatic ring is 1. The summed E-state index contributed by atoms with van der Waals surface area (Å²) in [6, 6.07) is 1.33. The first-order chi connectivity index (χ1) is 15.7. The number of anilines is 1. The van der Waals surface area contributed by atoms with E-state index in [9.17, 15) is 29.8 Å². The minimum atomic E-state index is -1.50. The molecule has 33 heavy (non-hydrogen) atoms. The highest BCUT2D eigenvalue weighted by Gasteiger charge is 2.46. The number of hydrogen-bond donors (Lipinski definition) is 7. The molecule has 0 aliphatic carbocycles. The molecule has 16 heteroatoms. The maximum Gasteiger partial charge on any atom is 0.351 e. The monoisotopic (exact) mass is 469 g/mol.